The van der Waals surface area contributed by atoms with Crippen LogP contribution < -0.4 is 4.74 Å². The van der Waals surface area contributed by atoms with Crippen LogP contribution in [0.1, 0.15) is 0 Å². The molecule has 0 aliphatic rings. The first-order chi connectivity index (χ1) is 10.3. The SMILES string of the molecule is COc1cc(-c2nn[nH]n2)nc2c3ccccc3n(C)c12. The van der Waals surface area contributed by atoms with E-state index in [2.05, 4.69) is 36.2 Å². The van der Waals surface area contributed by atoms with Gasteiger partial charge in [-0.25, -0.2) is 4.98 Å². The highest BCUT2D eigenvalue weighted by Gasteiger charge is 2.17. The number of aromatic nitrogens is 6. The van der Waals surface area contributed by atoms with E-state index in [1.807, 2.05) is 31.3 Å². The second-order valence-corrected chi connectivity index (χ2v) is 4.72. The number of rotatable bonds is 2. The van der Waals surface area contributed by atoms with Crippen molar-refractivity contribution < 1.29 is 4.74 Å². The van der Waals surface area contributed by atoms with Crippen LogP contribution in [0, 0.1) is 0 Å². The van der Waals surface area contributed by atoms with Crippen molar-refractivity contribution in [2.75, 3.05) is 7.11 Å². The number of pyridine rings is 1. The summed E-state index contributed by atoms with van der Waals surface area (Å²) >= 11 is 0. The summed E-state index contributed by atoms with van der Waals surface area (Å²) in [5.74, 6) is 1.18. The Labute approximate surface area is 119 Å². The molecule has 0 spiro atoms. The van der Waals surface area contributed by atoms with Crippen LogP contribution >= 0.6 is 0 Å². The molecule has 3 aromatic heterocycles. The lowest BCUT2D eigenvalue weighted by Gasteiger charge is -2.06. The van der Waals surface area contributed by atoms with Gasteiger partial charge in [-0.2, -0.15) is 5.21 Å². The second-order valence-electron chi connectivity index (χ2n) is 4.72. The highest BCUT2D eigenvalue weighted by Crippen LogP contribution is 2.34. The van der Waals surface area contributed by atoms with E-state index in [1.165, 1.54) is 0 Å². The minimum atomic E-state index is 0.447. The molecule has 4 aromatic rings. The fourth-order valence-electron chi connectivity index (χ4n) is 2.65. The number of fused-ring (bicyclic) bond motifs is 3. The van der Waals surface area contributed by atoms with E-state index in [-0.39, 0.29) is 0 Å². The van der Waals surface area contributed by atoms with Crippen molar-refractivity contribution in [1.82, 2.24) is 30.2 Å². The molecule has 0 radical (unpaired) electrons. The Morgan fingerprint density at radius 1 is 1.24 bits per heavy atom. The van der Waals surface area contributed by atoms with Crippen molar-refractivity contribution in [2.45, 2.75) is 0 Å². The highest BCUT2D eigenvalue weighted by atomic mass is 16.5. The summed E-state index contributed by atoms with van der Waals surface area (Å²) in [4.78, 5) is 4.69. The van der Waals surface area contributed by atoms with Gasteiger partial charge >= 0.3 is 0 Å². The molecule has 0 saturated carbocycles. The lowest BCUT2D eigenvalue weighted by atomic mass is 10.2. The Kier molecular flexibility index (Phi) is 2.41. The van der Waals surface area contributed by atoms with E-state index < -0.39 is 0 Å². The van der Waals surface area contributed by atoms with Crippen molar-refractivity contribution in [1.29, 1.82) is 0 Å². The molecular formula is C14H12N6O. The third-order valence-corrected chi connectivity index (χ3v) is 3.61. The molecule has 0 atom stereocenters. The fraction of sp³-hybridized carbons (Fsp3) is 0.143. The number of H-pyrrole nitrogens is 1. The molecule has 4 rings (SSSR count). The van der Waals surface area contributed by atoms with Crippen LogP contribution in [-0.4, -0.2) is 37.3 Å². The van der Waals surface area contributed by atoms with Crippen LogP contribution in [0.15, 0.2) is 30.3 Å². The number of aryl methyl sites for hydroxylation is 1. The number of benzene rings is 1. The van der Waals surface area contributed by atoms with E-state index in [1.54, 1.807) is 7.11 Å². The average Bonchev–Trinajstić information content (AvgIpc) is 3.15. The van der Waals surface area contributed by atoms with E-state index in [0.29, 0.717) is 11.5 Å². The summed E-state index contributed by atoms with van der Waals surface area (Å²) in [6.07, 6.45) is 0. The molecule has 3 heterocycles. The van der Waals surface area contributed by atoms with Crippen LogP contribution in [0.3, 0.4) is 0 Å². The summed E-state index contributed by atoms with van der Waals surface area (Å²) in [6, 6.07) is 9.94. The number of hydrogen-bond acceptors (Lipinski definition) is 5. The number of nitrogens with zero attached hydrogens (tertiary/aromatic N) is 5. The maximum atomic E-state index is 5.53. The molecule has 0 aliphatic heterocycles. The van der Waals surface area contributed by atoms with E-state index >= 15 is 0 Å². The normalized spacial score (nSPS) is 11.3. The molecule has 1 N–H and O–H groups in total. The van der Waals surface area contributed by atoms with Gasteiger partial charge in [-0.05, 0) is 11.3 Å². The molecule has 0 unspecified atom stereocenters. The molecule has 0 bridgehead atoms. The third-order valence-electron chi connectivity index (χ3n) is 3.61. The molecule has 0 saturated heterocycles. The predicted octanol–water partition coefficient (Wildman–Crippen LogP) is 1.92. The minimum Gasteiger partial charge on any atom is -0.494 e. The first kappa shape index (κ1) is 11.8. The van der Waals surface area contributed by atoms with Crippen molar-refractivity contribution >= 4 is 21.9 Å². The number of tetrazole rings is 1. The Morgan fingerprint density at radius 3 is 2.86 bits per heavy atom. The van der Waals surface area contributed by atoms with Gasteiger partial charge < -0.3 is 9.30 Å². The van der Waals surface area contributed by atoms with Crippen LogP contribution in [0.5, 0.6) is 5.75 Å². The van der Waals surface area contributed by atoms with E-state index in [4.69, 9.17) is 4.74 Å². The molecule has 1 aromatic carbocycles. The van der Waals surface area contributed by atoms with Gasteiger partial charge in [0, 0.05) is 18.5 Å². The van der Waals surface area contributed by atoms with Crippen LogP contribution in [-0.2, 0) is 7.05 Å². The molecule has 0 aliphatic carbocycles. The van der Waals surface area contributed by atoms with Gasteiger partial charge in [0.05, 0.1) is 12.6 Å². The summed E-state index contributed by atoms with van der Waals surface area (Å²) in [5, 5.41) is 15.1. The van der Waals surface area contributed by atoms with Crippen LogP contribution in [0.25, 0.3) is 33.5 Å². The zero-order chi connectivity index (χ0) is 14.4. The van der Waals surface area contributed by atoms with Gasteiger partial charge in [-0.3, -0.25) is 0 Å². The smallest absolute Gasteiger partial charge is 0.223 e. The molecule has 21 heavy (non-hydrogen) atoms. The number of nitrogens with one attached hydrogen (secondary N) is 1. The van der Waals surface area contributed by atoms with Crippen molar-refractivity contribution in [3.05, 3.63) is 30.3 Å². The number of hydrogen-bond donors (Lipinski definition) is 1. The van der Waals surface area contributed by atoms with E-state index in [0.717, 1.165) is 27.7 Å². The Bertz CT molecular complexity index is 941. The molecule has 7 heteroatoms. The van der Waals surface area contributed by atoms with Gasteiger partial charge in [0.2, 0.25) is 5.82 Å². The predicted molar refractivity (Wildman–Crippen MR) is 77.9 cm³/mol. The molecular weight excluding hydrogens is 268 g/mol. The van der Waals surface area contributed by atoms with Crippen molar-refractivity contribution in [3.63, 3.8) is 0 Å². The number of ether oxygens (including phenoxy) is 1. The lowest BCUT2D eigenvalue weighted by Crippen LogP contribution is -1.95. The highest BCUT2D eigenvalue weighted by molar-refractivity contribution is 6.08. The van der Waals surface area contributed by atoms with Crippen molar-refractivity contribution in [2.24, 2.45) is 7.05 Å². The second kappa shape index (κ2) is 4.27. The van der Waals surface area contributed by atoms with Crippen molar-refractivity contribution in [3.8, 4) is 17.3 Å². The largest absolute Gasteiger partial charge is 0.494 e. The zero-order valence-corrected chi connectivity index (χ0v) is 11.5. The van der Waals surface area contributed by atoms with Crippen LogP contribution in [0.2, 0.25) is 0 Å². The molecule has 7 nitrogen and oxygen atoms in total. The van der Waals surface area contributed by atoms with Gasteiger partial charge in [0.25, 0.3) is 0 Å². The number of aromatic amines is 1. The molecule has 104 valence electrons. The third kappa shape index (κ3) is 1.60. The number of para-hydroxylation sites is 1. The Hall–Kier alpha value is -2.96. The van der Waals surface area contributed by atoms with Gasteiger partial charge in [-0.1, -0.05) is 18.2 Å². The Morgan fingerprint density at radius 2 is 2.10 bits per heavy atom. The minimum absolute atomic E-state index is 0.447. The zero-order valence-electron chi connectivity index (χ0n) is 11.5. The summed E-state index contributed by atoms with van der Waals surface area (Å²) in [7, 11) is 3.65. The lowest BCUT2D eigenvalue weighted by molar-refractivity contribution is 0.418. The van der Waals surface area contributed by atoms with E-state index in [9.17, 15) is 0 Å². The fourth-order valence-corrected chi connectivity index (χ4v) is 2.65. The van der Waals surface area contributed by atoms with Gasteiger partial charge in [-0.15, -0.1) is 10.2 Å². The van der Waals surface area contributed by atoms with Gasteiger partial charge in [0.1, 0.15) is 22.5 Å². The van der Waals surface area contributed by atoms with Gasteiger partial charge in [0.15, 0.2) is 0 Å². The number of methoxy groups -OCH3 is 1. The quantitative estimate of drug-likeness (QED) is 0.606. The topological polar surface area (TPSA) is 81.5 Å². The molecule has 0 fully saturated rings. The first-order valence-corrected chi connectivity index (χ1v) is 6.45. The average molecular weight is 280 g/mol. The summed E-state index contributed by atoms with van der Waals surface area (Å²) in [5.41, 5.74) is 3.55. The van der Waals surface area contributed by atoms with Crippen LogP contribution in [0.4, 0.5) is 0 Å². The summed E-state index contributed by atoms with van der Waals surface area (Å²) in [6.45, 7) is 0. The maximum Gasteiger partial charge on any atom is 0.223 e. The molecule has 0 amide bonds. The standard InChI is InChI=1S/C14H12N6O/c1-20-10-6-4-3-5-8(10)12-13(20)11(21-2)7-9(15-12)14-16-18-19-17-14/h3-7H,1-2H3,(H,16,17,18,19). The Balaban J connectivity index is 2.16. The maximum absolute atomic E-state index is 5.53. The summed E-state index contributed by atoms with van der Waals surface area (Å²) < 4.78 is 7.61. The monoisotopic (exact) mass is 280 g/mol. The first-order valence-electron chi connectivity index (χ1n) is 6.45.